The topological polar surface area (TPSA) is 74.7 Å². The fraction of sp³-hybridized carbons (Fsp3) is 0.455. The molecule has 6 nitrogen and oxygen atoms in total. The number of carbonyl (C=O) groups is 1. The van der Waals surface area contributed by atoms with E-state index in [2.05, 4.69) is 24.1 Å². The second-order valence-electron chi connectivity index (χ2n) is 7.16. The lowest BCUT2D eigenvalue weighted by Gasteiger charge is -2.19. The average Bonchev–Trinajstić information content (AvgIpc) is 3.21. The molecular weight excluding hydrogens is 411 g/mol. The summed E-state index contributed by atoms with van der Waals surface area (Å²) in [6.45, 7) is 4.72. The van der Waals surface area contributed by atoms with Crippen molar-refractivity contribution in [3.8, 4) is 5.75 Å². The number of halogens is 3. The van der Waals surface area contributed by atoms with Crippen molar-refractivity contribution in [2.24, 2.45) is 0 Å². The first-order chi connectivity index (χ1) is 14.8. The zero-order valence-electron chi connectivity index (χ0n) is 17.7. The van der Waals surface area contributed by atoms with Gasteiger partial charge in [0, 0.05) is 25.3 Å². The van der Waals surface area contributed by atoms with E-state index in [1.165, 1.54) is 18.7 Å². The largest absolute Gasteiger partial charge is 0.484 e. The fourth-order valence-electron chi connectivity index (χ4n) is 2.97. The molecule has 170 valence electrons. The van der Waals surface area contributed by atoms with E-state index in [9.17, 15) is 18.0 Å². The third-order valence-corrected chi connectivity index (χ3v) is 4.46. The highest BCUT2D eigenvalue weighted by molar-refractivity contribution is 5.78. The van der Waals surface area contributed by atoms with Gasteiger partial charge in [-0.15, -0.1) is 0 Å². The Labute approximate surface area is 180 Å². The normalized spacial score (nSPS) is 15.8. The van der Waals surface area contributed by atoms with E-state index >= 15 is 0 Å². The summed E-state index contributed by atoms with van der Waals surface area (Å²) < 4.78 is 44.6. The quantitative estimate of drug-likeness (QED) is 0.709. The zero-order valence-corrected chi connectivity index (χ0v) is 17.7. The van der Waals surface area contributed by atoms with Crippen LogP contribution in [0.4, 0.5) is 19.0 Å². The molecule has 0 radical (unpaired) electrons. The third kappa shape index (κ3) is 7.43. The van der Waals surface area contributed by atoms with Gasteiger partial charge in [-0.2, -0.15) is 13.2 Å². The smallest absolute Gasteiger partial charge is 0.419 e. The first kappa shape index (κ1) is 24.5. The number of aliphatic hydroxyl groups is 1. The van der Waals surface area contributed by atoms with Gasteiger partial charge in [-0.3, -0.25) is 4.79 Å². The van der Waals surface area contributed by atoms with Crippen LogP contribution in [0.25, 0.3) is 0 Å². The van der Waals surface area contributed by atoms with Gasteiger partial charge in [-0.25, -0.2) is 4.98 Å². The van der Waals surface area contributed by atoms with Gasteiger partial charge in [-0.1, -0.05) is 32.4 Å². The summed E-state index contributed by atoms with van der Waals surface area (Å²) in [6, 6.07) is 8.61. The third-order valence-electron chi connectivity index (χ3n) is 4.46. The lowest BCUT2D eigenvalue weighted by Crippen LogP contribution is -2.35. The molecule has 1 aliphatic rings. The number of alkyl halides is 3. The van der Waals surface area contributed by atoms with Crippen molar-refractivity contribution in [3.05, 3.63) is 53.7 Å². The molecule has 0 saturated carbocycles. The summed E-state index contributed by atoms with van der Waals surface area (Å²) >= 11 is 0. The number of hydrogen-bond acceptors (Lipinski definition) is 5. The highest BCUT2D eigenvalue weighted by atomic mass is 19.4. The van der Waals surface area contributed by atoms with Gasteiger partial charge in [0.25, 0.3) is 5.91 Å². The molecule has 2 heterocycles. The standard InChI is InChI=1S/C19H20F3N3O3.C3H8/c20-19(21,22)16-2-1-8-23-18(16)24-14-7-9-25(10-14)17(27)12-28-15-5-3-13(11-26)4-6-15;1-3-2/h1-6,8,14,26H,7,9-12H2,(H,23,24);3H2,1-2H3. The van der Waals surface area contributed by atoms with Crippen molar-refractivity contribution < 1.29 is 27.8 Å². The summed E-state index contributed by atoms with van der Waals surface area (Å²) in [7, 11) is 0. The molecule has 0 bridgehead atoms. The van der Waals surface area contributed by atoms with Crippen LogP contribution in [0.3, 0.4) is 0 Å². The summed E-state index contributed by atoms with van der Waals surface area (Å²) in [6.07, 6.45) is -1.43. The van der Waals surface area contributed by atoms with Crippen LogP contribution in [0.2, 0.25) is 0 Å². The lowest BCUT2D eigenvalue weighted by atomic mass is 10.2. The average molecular weight is 439 g/mol. The minimum Gasteiger partial charge on any atom is -0.484 e. The second-order valence-corrected chi connectivity index (χ2v) is 7.16. The van der Waals surface area contributed by atoms with E-state index < -0.39 is 11.7 Å². The van der Waals surface area contributed by atoms with Crippen LogP contribution in [0.1, 0.15) is 37.8 Å². The van der Waals surface area contributed by atoms with Gasteiger partial charge in [0.15, 0.2) is 6.61 Å². The van der Waals surface area contributed by atoms with Crippen molar-refractivity contribution in [2.75, 3.05) is 25.0 Å². The first-order valence-corrected chi connectivity index (χ1v) is 10.2. The molecule has 0 aliphatic carbocycles. The Morgan fingerprint density at radius 2 is 1.94 bits per heavy atom. The van der Waals surface area contributed by atoms with Crippen LogP contribution in [-0.4, -0.2) is 46.6 Å². The molecule has 1 aromatic heterocycles. The molecule has 2 aromatic rings. The number of anilines is 1. The number of carbonyl (C=O) groups excluding carboxylic acids is 1. The van der Waals surface area contributed by atoms with Gasteiger partial charge in [0.1, 0.15) is 11.6 Å². The monoisotopic (exact) mass is 439 g/mol. The Balaban J connectivity index is 0.00000107. The Hall–Kier alpha value is -2.81. The van der Waals surface area contributed by atoms with Crippen LogP contribution in [0.5, 0.6) is 5.75 Å². The Kier molecular flexibility index (Phi) is 9.11. The summed E-state index contributed by atoms with van der Waals surface area (Å²) in [5.74, 6) is 0.0323. The predicted octanol–water partition coefficient (Wildman–Crippen LogP) is 4.10. The molecule has 31 heavy (non-hydrogen) atoms. The molecule has 1 aliphatic heterocycles. The molecule has 9 heteroatoms. The number of hydrogen-bond donors (Lipinski definition) is 2. The maximum absolute atomic E-state index is 13.1. The van der Waals surface area contributed by atoms with E-state index in [4.69, 9.17) is 9.84 Å². The van der Waals surface area contributed by atoms with E-state index in [-0.39, 0.29) is 37.5 Å². The number of nitrogens with zero attached hydrogens (tertiary/aromatic N) is 2. The minimum absolute atomic E-state index is 0.0757. The van der Waals surface area contributed by atoms with Crippen LogP contribution < -0.4 is 10.1 Å². The van der Waals surface area contributed by atoms with Crippen molar-refractivity contribution in [3.63, 3.8) is 0 Å². The van der Waals surface area contributed by atoms with Gasteiger partial charge in [-0.05, 0) is 36.2 Å². The molecule has 0 spiro atoms. The SMILES string of the molecule is CCC.O=C(COc1ccc(CO)cc1)N1CCC(Nc2ncccc2C(F)(F)F)C1. The lowest BCUT2D eigenvalue weighted by molar-refractivity contribution is -0.137. The van der Waals surface area contributed by atoms with E-state index in [1.807, 2.05) is 0 Å². The summed E-state index contributed by atoms with van der Waals surface area (Å²) in [5.41, 5.74) is -0.0886. The fourth-order valence-corrected chi connectivity index (χ4v) is 2.97. The van der Waals surface area contributed by atoms with E-state index in [0.717, 1.165) is 11.6 Å². The number of pyridine rings is 1. The van der Waals surface area contributed by atoms with Crippen molar-refractivity contribution in [1.82, 2.24) is 9.88 Å². The van der Waals surface area contributed by atoms with Crippen molar-refractivity contribution in [2.45, 2.75) is 45.5 Å². The Morgan fingerprint density at radius 1 is 1.26 bits per heavy atom. The van der Waals surface area contributed by atoms with Crippen LogP contribution in [-0.2, 0) is 17.6 Å². The van der Waals surface area contributed by atoms with Gasteiger partial charge in [0.2, 0.25) is 0 Å². The Morgan fingerprint density at radius 3 is 2.55 bits per heavy atom. The molecule has 1 fully saturated rings. The maximum atomic E-state index is 13.1. The molecule has 3 rings (SSSR count). The molecule has 1 saturated heterocycles. The number of likely N-dealkylation sites (tertiary alicyclic amines) is 1. The molecular formula is C22H28F3N3O3. The van der Waals surface area contributed by atoms with Crippen LogP contribution in [0, 0.1) is 0 Å². The molecule has 1 unspecified atom stereocenters. The molecule has 1 atom stereocenters. The number of aliphatic hydroxyl groups excluding tert-OH is 1. The molecule has 1 amide bonds. The van der Waals surface area contributed by atoms with Crippen molar-refractivity contribution >= 4 is 11.7 Å². The first-order valence-electron chi connectivity index (χ1n) is 10.2. The number of benzene rings is 1. The second kappa shape index (κ2) is 11.5. The molecule has 1 aromatic carbocycles. The number of rotatable bonds is 6. The van der Waals surface area contributed by atoms with Gasteiger partial charge >= 0.3 is 6.18 Å². The van der Waals surface area contributed by atoms with E-state index in [0.29, 0.717) is 18.7 Å². The predicted molar refractivity (Wildman–Crippen MR) is 112 cm³/mol. The number of aromatic nitrogens is 1. The highest BCUT2D eigenvalue weighted by Crippen LogP contribution is 2.34. The number of nitrogens with one attached hydrogen (secondary N) is 1. The number of amides is 1. The van der Waals surface area contributed by atoms with Crippen LogP contribution in [0.15, 0.2) is 42.6 Å². The maximum Gasteiger partial charge on any atom is 0.419 e. The zero-order chi connectivity index (χ0) is 22.9. The summed E-state index contributed by atoms with van der Waals surface area (Å²) in [5, 5.41) is 11.8. The minimum atomic E-state index is -4.50. The van der Waals surface area contributed by atoms with Crippen LogP contribution >= 0.6 is 0 Å². The molecule has 2 N–H and O–H groups in total. The Bertz CT molecular complexity index is 829. The van der Waals surface area contributed by atoms with Gasteiger partial charge < -0.3 is 20.1 Å². The highest BCUT2D eigenvalue weighted by Gasteiger charge is 2.35. The van der Waals surface area contributed by atoms with Gasteiger partial charge in [0.05, 0.1) is 12.2 Å². The van der Waals surface area contributed by atoms with E-state index in [1.54, 1.807) is 29.2 Å². The van der Waals surface area contributed by atoms with Crippen molar-refractivity contribution in [1.29, 1.82) is 0 Å². The number of ether oxygens (including phenoxy) is 1. The summed E-state index contributed by atoms with van der Waals surface area (Å²) in [4.78, 5) is 17.6.